The zero-order valence-corrected chi connectivity index (χ0v) is 36.8. The van der Waals surface area contributed by atoms with Crippen LogP contribution in [0.3, 0.4) is 0 Å². The average molecular weight is 875 g/mol. The summed E-state index contributed by atoms with van der Waals surface area (Å²) in [6, 6.07) is 16.2. The van der Waals surface area contributed by atoms with Crippen molar-refractivity contribution in [3.8, 4) is 57.2 Å². The average Bonchev–Trinajstić information content (AvgIpc) is 3.90. The minimum absolute atomic E-state index is 0.424. The van der Waals surface area contributed by atoms with Gasteiger partial charge in [0.1, 0.15) is 22.2 Å². The molecule has 1 atom stereocenters. The Bertz CT molecular complexity index is 2280. The van der Waals surface area contributed by atoms with Crippen LogP contribution >= 0.6 is 58.0 Å². The predicted molar refractivity (Wildman–Crippen MR) is 238 cm³/mol. The minimum Gasteiger partial charge on any atom is -0.264 e. The van der Waals surface area contributed by atoms with Crippen molar-refractivity contribution in [2.75, 3.05) is 21.7 Å². The Balaban J connectivity index is 0.000000242. The van der Waals surface area contributed by atoms with E-state index in [1.807, 2.05) is 67.5 Å². The molecule has 0 aliphatic rings. The Labute approximate surface area is 356 Å². The van der Waals surface area contributed by atoms with Gasteiger partial charge in [0.05, 0.1) is 50.0 Å². The third kappa shape index (κ3) is 13.0. The first-order valence-electron chi connectivity index (χ1n) is 17.8. The molecule has 296 valence electrons. The second kappa shape index (κ2) is 24.7. The third-order valence-corrected chi connectivity index (χ3v) is 14.7. The van der Waals surface area contributed by atoms with Crippen molar-refractivity contribution in [3.05, 3.63) is 93.1 Å². The number of pyridine rings is 4. The monoisotopic (exact) mass is 874 g/mol. The highest BCUT2D eigenvalue weighted by Gasteiger charge is 2.20. The Morgan fingerprint density at radius 1 is 0.772 bits per heavy atom. The molecule has 0 fully saturated rings. The first-order chi connectivity index (χ1) is 27.9. The van der Waals surface area contributed by atoms with Gasteiger partial charge in [-0.15, -0.1) is 22.7 Å². The summed E-state index contributed by atoms with van der Waals surface area (Å²) in [6.45, 7) is 8.30. The molecular formula is C40H42N8O3S6. The number of aromatic nitrogens is 6. The molecule has 0 bridgehead atoms. The Kier molecular flexibility index (Phi) is 19.8. The number of aryl methyl sites for hydroxylation is 2. The zero-order chi connectivity index (χ0) is 41.0. The summed E-state index contributed by atoms with van der Waals surface area (Å²) in [5, 5.41) is 34.4. The van der Waals surface area contributed by atoms with Crippen LogP contribution < -0.4 is 0 Å². The van der Waals surface area contributed by atoms with E-state index in [0.717, 1.165) is 83.5 Å². The van der Waals surface area contributed by atoms with Gasteiger partial charge in [0.2, 0.25) is 0 Å². The number of nitrogens with zero attached hydrogens (tertiary/aromatic N) is 8. The molecule has 11 nitrogen and oxygen atoms in total. The molecule has 0 radical (unpaired) electrons. The molecule has 6 rings (SSSR count). The zero-order valence-electron chi connectivity index (χ0n) is 31.9. The number of hydrogen-bond donors (Lipinski definition) is 2. The van der Waals surface area contributed by atoms with Crippen LogP contribution in [-0.4, -0.2) is 66.3 Å². The number of thioether (sulfide) groups is 3. The van der Waals surface area contributed by atoms with Gasteiger partial charge >= 0.3 is 0 Å². The number of hydrogen-bond acceptors (Lipinski definition) is 16. The molecule has 6 heterocycles. The van der Waals surface area contributed by atoms with Crippen LogP contribution in [0, 0.1) is 36.5 Å². The van der Waals surface area contributed by atoms with Crippen molar-refractivity contribution in [1.29, 1.82) is 10.5 Å². The first-order valence-corrected chi connectivity index (χ1v) is 24.2. The van der Waals surface area contributed by atoms with E-state index in [0.29, 0.717) is 27.0 Å². The molecule has 0 amide bonds. The van der Waals surface area contributed by atoms with Crippen LogP contribution in [0.4, 0.5) is 0 Å². The summed E-state index contributed by atoms with van der Waals surface area (Å²) in [6.07, 6.45) is 11.4. The number of rotatable bonds is 16. The lowest BCUT2D eigenvalue weighted by Gasteiger charge is -2.11. The van der Waals surface area contributed by atoms with Gasteiger partial charge in [-0.05, 0) is 68.8 Å². The standard InChI is InChI=1S/C20H20N4OS3.C20H20N4S3.H2O2/c1-3-4-8-28(25)13-27-20-17(10-21)16(19-14(2)26-12-23-19)9-18(24-20)15-6-5-7-22-11-15;1-3-4-8-25-13-27-20-17(10-21)16(19-14(2)26-12-23-19)9-18(24-20)15-6-5-7-22-11-15;1-2/h5-7,9,11-12H,3-4,8,13H2,1-2H3;5-7,9,11-12H,3-4,8,13H2,1-2H3;1-2H. The lowest BCUT2D eigenvalue weighted by Crippen LogP contribution is -2.02. The minimum atomic E-state index is -0.942. The molecule has 6 aromatic rings. The summed E-state index contributed by atoms with van der Waals surface area (Å²) in [5.41, 5.74) is 11.3. The molecule has 0 saturated heterocycles. The molecule has 17 heteroatoms. The van der Waals surface area contributed by atoms with Gasteiger partial charge in [0, 0.05) is 78.4 Å². The summed E-state index contributed by atoms with van der Waals surface area (Å²) in [7, 11) is -0.942. The van der Waals surface area contributed by atoms with Crippen LogP contribution in [0.15, 0.2) is 82.3 Å². The molecule has 2 N–H and O–H groups in total. The van der Waals surface area contributed by atoms with Gasteiger partial charge in [-0.1, -0.05) is 50.2 Å². The van der Waals surface area contributed by atoms with Crippen molar-refractivity contribution >= 4 is 68.8 Å². The molecule has 0 saturated carbocycles. The highest BCUT2D eigenvalue weighted by atomic mass is 32.2. The Morgan fingerprint density at radius 3 is 1.70 bits per heavy atom. The molecule has 0 spiro atoms. The van der Waals surface area contributed by atoms with Crippen molar-refractivity contribution in [2.24, 2.45) is 0 Å². The van der Waals surface area contributed by atoms with Gasteiger partial charge in [0.15, 0.2) is 0 Å². The maximum absolute atomic E-state index is 12.3. The van der Waals surface area contributed by atoms with E-state index in [9.17, 15) is 14.7 Å². The predicted octanol–water partition coefficient (Wildman–Crippen LogP) is 11.1. The van der Waals surface area contributed by atoms with Gasteiger partial charge in [-0.3, -0.25) is 24.7 Å². The lowest BCUT2D eigenvalue weighted by molar-refractivity contribution is -0.176. The van der Waals surface area contributed by atoms with E-state index >= 15 is 0 Å². The highest BCUT2D eigenvalue weighted by molar-refractivity contribution is 8.16. The first kappa shape index (κ1) is 45.7. The van der Waals surface area contributed by atoms with Gasteiger partial charge in [0.25, 0.3) is 0 Å². The fourth-order valence-electron chi connectivity index (χ4n) is 5.18. The molecule has 1 unspecified atom stereocenters. The topological polar surface area (TPSA) is 182 Å². The van der Waals surface area contributed by atoms with Crippen LogP contribution in [0.5, 0.6) is 0 Å². The van der Waals surface area contributed by atoms with Gasteiger partial charge in [-0.25, -0.2) is 19.9 Å². The van der Waals surface area contributed by atoms with E-state index in [1.54, 1.807) is 64.7 Å². The fraction of sp³-hybridized carbons (Fsp3) is 0.300. The van der Waals surface area contributed by atoms with Crippen LogP contribution in [0.25, 0.3) is 45.0 Å². The maximum atomic E-state index is 12.3. The molecule has 0 aromatic carbocycles. The maximum Gasteiger partial charge on any atom is 0.116 e. The highest BCUT2D eigenvalue weighted by Crippen LogP contribution is 2.38. The van der Waals surface area contributed by atoms with Crippen molar-refractivity contribution < 1.29 is 14.7 Å². The van der Waals surface area contributed by atoms with Crippen LogP contribution in [0.1, 0.15) is 60.4 Å². The summed E-state index contributed by atoms with van der Waals surface area (Å²) in [4.78, 5) is 29.0. The lowest BCUT2D eigenvalue weighted by atomic mass is 10.0. The summed E-state index contributed by atoms with van der Waals surface area (Å²) in [5.74, 6) is 1.80. The quantitative estimate of drug-likeness (QED) is 0.0308. The van der Waals surface area contributed by atoms with Crippen molar-refractivity contribution in [2.45, 2.75) is 63.4 Å². The van der Waals surface area contributed by atoms with Crippen molar-refractivity contribution in [1.82, 2.24) is 29.9 Å². The SMILES string of the molecule is CCCCS(=O)CSc1nc(-c2cccnc2)cc(-c2ncsc2C)c1C#N.CCCCSCSc1nc(-c2cccnc2)cc(-c2ncsc2C)c1C#N.OO. The summed E-state index contributed by atoms with van der Waals surface area (Å²) >= 11 is 8.03. The Hall–Kier alpha value is -4.04. The largest absolute Gasteiger partial charge is 0.264 e. The molecular weight excluding hydrogens is 833 g/mol. The van der Waals surface area contributed by atoms with E-state index in [4.69, 9.17) is 20.5 Å². The number of thiazole rings is 2. The molecule has 0 aliphatic carbocycles. The van der Waals surface area contributed by atoms with E-state index in [-0.39, 0.29) is 0 Å². The molecule has 0 aliphatic heterocycles. The number of unbranched alkanes of at least 4 members (excludes halogenated alkanes) is 2. The van der Waals surface area contributed by atoms with E-state index in [2.05, 4.69) is 45.9 Å². The van der Waals surface area contributed by atoms with Gasteiger partial charge < -0.3 is 0 Å². The van der Waals surface area contributed by atoms with Crippen molar-refractivity contribution in [3.63, 3.8) is 0 Å². The second-order valence-electron chi connectivity index (χ2n) is 12.0. The smallest absolute Gasteiger partial charge is 0.116 e. The number of nitriles is 2. The van der Waals surface area contributed by atoms with E-state index < -0.39 is 10.8 Å². The van der Waals surface area contributed by atoms with E-state index in [1.165, 1.54) is 24.6 Å². The van der Waals surface area contributed by atoms with Crippen LogP contribution in [0.2, 0.25) is 0 Å². The molecule has 57 heavy (non-hydrogen) atoms. The summed E-state index contributed by atoms with van der Waals surface area (Å²) < 4.78 is 12.3. The third-order valence-electron chi connectivity index (χ3n) is 8.08. The second-order valence-corrected chi connectivity index (χ2v) is 19.4. The fourth-order valence-corrected chi connectivity index (χ4v) is 11.1. The van der Waals surface area contributed by atoms with Gasteiger partial charge in [-0.2, -0.15) is 22.3 Å². The Morgan fingerprint density at radius 2 is 1.28 bits per heavy atom. The normalized spacial score (nSPS) is 11.0. The van der Waals surface area contributed by atoms with Crippen LogP contribution in [-0.2, 0) is 10.8 Å². The molecule has 6 aromatic heterocycles.